The average Bonchev–Trinajstić information content (AvgIpc) is 2.79. The number of hydrogen-bond acceptors (Lipinski definition) is 5. The highest BCUT2D eigenvalue weighted by molar-refractivity contribution is 9.10. The lowest BCUT2D eigenvalue weighted by Gasteiger charge is -2.22. The normalized spacial score (nSPS) is 22.0. The highest BCUT2D eigenvalue weighted by atomic mass is 79.9. The van der Waals surface area contributed by atoms with E-state index in [1.165, 1.54) is 4.68 Å². The Morgan fingerprint density at radius 3 is 2.81 bits per heavy atom. The number of aliphatic carboxylic acids is 1. The Balaban J connectivity index is 2.29. The summed E-state index contributed by atoms with van der Waals surface area (Å²) < 4.78 is 1.80. The molecule has 0 aromatic carbocycles. The molecule has 1 aromatic heterocycles. The van der Waals surface area contributed by atoms with Gasteiger partial charge in [0.25, 0.3) is 5.56 Å². The molecule has 3 N–H and O–H groups in total. The molecule has 1 atom stereocenters. The summed E-state index contributed by atoms with van der Waals surface area (Å²) in [5, 5.41) is 13.3. The first-order chi connectivity index (χ1) is 9.74. The van der Waals surface area contributed by atoms with Crippen LogP contribution in [0.25, 0.3) is 0 Å². The molecule has 1 aromatic rings. The van der Waals surface area contributed by atoms with Crippen LogP contribution >= 0.6 is 15.9 Å². The van der Waals surface area contributed by atoms with Crippen molar-refractivity contribution in [1.29, 1.82) is 0 Å². The monoisotopic (exact) mass is 358 g/mol. The van der Waals surface area contributed by atoms with E-state index in [0.717, 1.165) is 0 Å². The number of nitrogens with zero attached hydrogens (tertiary/aromatic N) is 3. The zero-order chi connectivity index (χ0) is 15.8. The van der Waals surface area contributed by atoms with Gasteiger partial charge in [-0.3, -0.25) is 9.59 Å². The summed E-state index contributed by atoms with van der Waals surface area (Å²) >= 11 is 3.30. The summed E-state index contributed by atoms with van der Waals surface area (Å²) in [7, 11) is 0. The van der Waals surface area contributed by atoms with Gasteiger partial charge in [-0.1, -0.05) is 13.8 Å². The Labute approximate surface area is 130 Å². The van der Waals surface area contributed by atoms with Crippen LogP contribution in [0.1, 0.15) is 20.3 Å². The number of aromatic nitrogens is 2. The Bertz CT molecular complexity index is 616. The van der Waals surface area contributed by atoms with E-state index in [0.29, 0.717) is 35.6 Å². The summed E-state index contributed by atoms with van der Waals surface area (Å²) in [5.74, 6) is -0.717. The summed E-state index contributed by atoms with van der Waals surface area (Å²) in [5.41, 5.74) is 4.96. The van der Waals surface area contributed by atoms with Crippen molar-refractivity contribution in [3.8, 4) is 0 Å². The summed E-state index contributed by atoms with van der Waals surface area (Å²) in [6, 6.07) is 0. The lowest BCUT2D eigenvalue weighted by Crippen LogP contribution is -2.50. The van der Waals surface area contributed by atoms with Crippen LogP contribution in [0.15, 0.2) is 15.5 Å². The maximum atomic E-state index is 12.3. The van der Waals surface area contributed by atoms with Crippen LogP contribution in [-0.2, 0) is 11.3 Å². The highest BCUT2D eigenvalue weighted by Crippen LogP contribution is 2.29. The molecule has 2 rings (SSSR count). The van der Waals surface area contributed by atoms with E-state index >= 15 is 0 Å². The predicted octanol–water partition coefficient (Wildman–Crippen LogP) is 0.654. The van der Waals surface area contributed by atoms with E-state index in [-0.39, 0.29) is 12.1 Å². The van der Waals surface area contributed by atoms with Gasteiger partial charge in [0.05, 0.1) is 11.9 Å². The fourth-order valence-electron chi connectivity index (χ4n) is 2.37. The van der Waals surface area contributed by atoms with Gasteiger partial charge < -0.3 is 15.7 Å². The van der Waals surface area contributed by atoms with Crippen molar-refractivity contribution >= 4 is 27.6 Å². The minimum Gasteiger partial charge on any atom is -0.480 e. The number of carboxylic acid groups (broad SMARTS) is 1. The van der Waals surface area contributed by atoms with E-state index < -0.39 is 11.5 Å². The Kier molecular flexibility index (Phi) is 4.38. The lowest BCUT2D eigenvalue weighted by molar-refractivity contribution is -0.142. The van der Waals surface area contributed by atoms with Gasteiger partial charge in [0, 0.05) is 19.6 Å². The average molecular weight is 359 g/mol. The number of halogens is 1. The molecule has 0 radical (unpaired) electrons. The third-order valence-electron chi connectivity index (χ3n) is 3.57. The van der Waals surface area contributed by atoms with Crippen LogP contribution in [0.4, 0.5) is 5.69 Å². The van der Waals surface area contributed by atoms with Crippen LogP contribution in [0, 0.1) is 5.92 Å². The van der Waals surface area contributed by atoms with Gasteiger partial charge in [-0.25, -0.2) is 4.68 Å². The fourth-order valence-corrected chi connectivity index (χ4v) is 2.92. The third kappa shape index (κ3) is 3.11. The second kappa shape index (κ2) is 5.76. The molecular weight excluding hydrogens is 340 g/mol. The lowest BCUT2D eigenvalue weighted by atomic mass is 10.0. The zero-order valence-corrected chi connectivity index (χ0v) is 13.6. The van der Waals surface area contributed by atoms with E-state index in [4.69, 9.17) is 10.8 Å². The van der Waals surface area contributed by atoms with Gasteiger partial charge in [0.2, 0.25) is 0 Å². The van der Waals surface area contributed by atoms with Crippen molar-refractivity contribution in [2.75, 3.05) is 18.0 Å². The molecule has 1 aliphatic rings. The van der Waals surface area contributed by atoms with Gasteiger partial charge in [0.1, 0.15) is 10.0 Å². The number of nitrogens with two attached hydrogens (primary N) is 1. The number of carbonyl (C=O) groups is 1. The fraction of sp³-hybridized carbons (Fsp3) is 0.615. The first kappa shape index (κ1) is 16.0. The molecule has 1 unspecified atom stereocenters. The van der Waals surface area contributed by atoms with E-state index in [1.54, 1.807) is 11.1 Å². The highest BCUT2D eigenvalue weighted by Gasteiger charge is 2.42. The maximum absolute atomic E-state index is 12.3. The van der Waals surface area contributed by atoms with Crippen molar-refractivity contribution in [2.45, 2.75) is 32.4 Å². The number of rotatable bonds is 4. The molecule has 0 amide bonds. The van der Waals surface area contributed by atoms with Gasteiger partial charge in [-0.15, -0.1) is 0 Å². The van der Waals surface area contributed by atoms with E-state index in [9.17, 15) is 9.59 Å². The Morgan fingerprint density at radius 2 is 2.29 bits per heavy atom. The summed E-state index contributed by atoms with van der Waals surface area (Å²) in [4.78, 5) is 25.2. The van der Waals surface area contributed by atoms with Gasteiger partial charge in [0.15, 0.2) is 0 Å². The van der Waals surface area contributed by atoms with Crippen molar-refractivity contribution in [2.24, 2.45) is 11.7 Å². The van der Waals surface area contributed by atoms with Crippen molar-refractivity contribution in [1.82, 2.24) is 9.78 Å². The van der Waals surface area contributed by atoms with Crippen LogP contribution in [0.2, 0.25) is 0 Å². The van der Waals surface area contributed by atoms with E-state index in [2.05, 4.69) is 21.0 Å². The SMILES string of the molecule is CC(C)Cn1ncc(N2CCC(N)(C(=O)O)C2)c(Br)c1=O. The molecule has 116 valence electrons. The molecule has 1 fully saturated rings. The zero-order valence-electron chi connectivity index (χ0n) is 12.0. The standard InChI is InChI=1S/C13H19BrN4O3/c1-8(2)6-18-11(19)10(14)9(5-16-18)17-4-3-13(15,7-17)12(20)21/h5,8H,3-4,6-7,15H2,1-2H3,(H,20,21). The van der Waals surface area contributed by atoms with Crippen LogP contribution in [0.5, 0.6) is 0 Å². The minimum absolute atomic E-state index is 0.163. The maximum Gasteiger partial charge on any atom is 0.325 e. The first-order valence-electron chi connectivity index (χ1n) is 6.77. The number of hydrogen-bond donors (Lipinski definition) is 2. The second-order valence-electron chi connectivity index (χ2n) is 5.86. The molecule has 7 nitrogen and oxygen atoms in total. The topological polar surface area (TPSA) is 101 Å². The van der Waals surface area contributed by atoms with Gasteiger partial charge in [-0.05, 0) is 28.3 Å². The minimum atomic E-state index is -1.27. The van der Waals surface area contributed by atoms with E-state index in [1.807, 2.05) is 13.8 Å². The van der Waals surface area contributed by atoms with Crippen LogP contribution in [0.3, 0.4) is 0 Å². The van der Waals surface area contributed by atoms with Crippen molar-refractivity contribution in [3.05, 3.63) is 21.0 Å². The molecule has 0 saturated carbocycles. The summed E-state index contributed by atoms with van der Waals surface area (Å²) in [6.07, 6.45) is 1.92. The largest absolute Gasteiger partial charge is 0.480 e. The second-order valence-corrected chi connectivity index (χ2v) is 6.65. The Morgan fingerprint density at radius 1 is 1.62 bits per heavy atom. The molecule has 1 saturated heterocycles. The molecule has 0 spiro atoms. The number of anilines is 1. The molecule has 0 bridgehead atoms. The third-order valence-corrected chi connectivity index (χ3v) is 4.32. The quantitative estimate of drug-likeness (QED) is 0.819. The van der Waals surface area contributed by atoms with Crippen LogP contribution < -0.4 is 16.2 Å². The molecular formula is C13H19BrN4O3. The molecule has 0 aliphatic carbocycles. The van der Waals surface area contributed by atoms with Crippen molar-refractivity contribution in [3.63, 3.8) is 0 Å². The smallest absolute Gasteiger partial charge is 0.325 e. The molecule has 21 heavy (non-hydrogen) atoms. The molecule has 2 heterocycles. The van der Waals surface area contributed by atoms with Gasteiger partial charge in [-0.2, -0.15) is 5.10 Å². The number of carboxylic acids is 1. The van der Waals surface area contributed by atoms with Gasteiger partial charge >= 0.3 is 5.97 Å². The molecule has 8 heteroatoms. The summed E-state index contributed by atoms with van der Waals surface area (Å²) in [6.45, 7) is 5.19. The Hall–Kier alpha value is -1.41. The first-order valence-corrected chi connectivity index (χ1v) is 7.57. The van der Waals surface area contributed by atoms with Crippen molar-refractivity contribution < 1.29 is 9.90 Å². The molecule has 1 aliphatic heterocycles. The van der Waals surface area contributed by atoms with Crippen LogP contribution in [-0.4, -0.2) is 39.5 Å². The predicted molar refractivity (Wildman–Crippen MR) is 82.4 cm³/mol.